The van der Waals surface area contributed by atoms with Crippen molar-refractivity contribution < 1.29 is 18.7 Å². The molecule has 98 valence electrons. The van der Waals surface area contributed by atoms with Crippen LogP contribution in [0, 0.1) is 18.6 Å². The molecule has 2 N–H and O–H groups in total. The first-order valence-electron chi connectivity index (χ1n) is 5.53. The number of benzene rings is 2. The van der Waals surface area contributed by atoms with Gasteiger partial charge < -0.3 is 10.4 Å². The van der Waals surface area contributed by atoms with Gasteiger partial charge >= 0.3 is 0 Å². The van der Waals surface area contributed by atoms with E-state index in [2.05, 4.69) is 5.32 Å². The van der Waals surface area contributed by atoms with Gasteiger partial charge in [0.05, 0.1) is 5.56 Å². The molecule has 0 unspecified atom stereocenters. The maximum absolute atomic E-state index is 13.5. The fourth-order valence-corrected chi connectivity index (χ4v) is 1.60. The summed E-state index contributed by atoms with van der Waals surface area (Å²) in [4.78, 5) is 11.8. The van der Waals surface area contributed by atoms with E-state index in [9.17, 15) is 13.6 Å². The maximum atomic E-state index is 13.5. The van der Waals surface area contributed by atoms with E-state index >= 15 is 0 Å². The average molecular weight is 263 g/mol. The van der Waals surface area contributed by atoms with Crippen molar-refractivity contribution >= 4 is 11.6 Å². The lowest BCUT2D eigenvalue weighted by Gasteiger charge is -2.07. The van der Waals surface area contributed by atoms with Crippen LogP contribution in [0.25, 0.3) is 0 Å². The average Bonchev–Trinajstić information content (AvgIpc) is 2.36. The van der Waals surface area contributed by atoms with Gasteiger partial charge in [0, 0.05) is 11.8 Å². The summed E-state index contributed by atoms with van der Waals surface area (Å²) < 4.78 is 26.6. The Morgan fingerprint density at radius 1 is 1.11 bits per heavy atom. The molecule has 0 spiro atoms. The Hall–Kier alpha value is -2.43. The molecular formula is C14H11F2NO2. The highest BCUT2D eigenvalue weighted by atomic mass is 19.1. The van der Waals surface area contributed by atoms with Crippen LogP contribution in [0.1, 0.15) is 15.9 Å². The number of carbonyl (C=O) groups is 1. The van der Waals surface area contributed by atoms with Gasteiger partial charge in [-0.1, -0.05) is 11.6 Å². The first-order chi connectivity index (χ1) is 8.97. The molecule has 0 bridgehead atoms. The number of aryl methyl sites for hydroxylation is 1. The molecule has 2 rings (SSSR count). The normalized spacial score (nSPS) is 10.3. The number of carbonyl (C=O) groups excluding carboxylic acids is 1. The Labute approximate surface area is 108 Å². The summed E-state index contributed by atoms with van der Waals surface area (Å²) in [6.45, 7) is 1.73. The Bertz CT molecular complexity index is 641. The molecule has 1 amide bonds. The van der Waals surface area contributed by atoms with Crippen molar-refractivity contribution in [3.63, 3.8) is 0 Å². The van der Waals surface area contributed by atoms with Crippen molar-refractivity contribution in [2.75, 3.05) is 5.32 Å². The summed E-state index contributed by atoms with van der Waals surface area (Å²) in [5.74, 6) is -2.70. The summed E-state index contributed by atoms with van der Waals surface area (Å²) in [5, 5.41) is 11.4. The smallest absolute Gasteiger partial charge is 0.258 e. The molecule has 0 saturated heterocycles. The van der Waals surface area contributed by atoms with Crippen molar-refractivity contribution in [2.45, 2.75) is 6.92 Å². The number of hydrogen-bond donors (Lipinski definition) is 2. The Morgan fingerprint density at radius 2 is 1.84 bits per heavy atom. The van der Waals surface area contributed by atoms with Gasteiger partial charge in [-0.3, -0.25) is 4.79 Å². The lowest BCUT2D eigenvalue weighted by atomic mass is 10.1. The number of nitrogens with one attached hydrogen (secondary N) is 1. The van der Waals surface area contributed by atoms with Crippen LogP contribution in [0.5, 0.6) is 5.75 Å². The molecule has 2 aromatic carbocycles. The Kier molecular flexibility index (Phi) is 3.46. The molecule has 0 heterocycles. The SMILES string of the molecule is Cc1ccc(F)c(C(=O)Nc2ccc(O)c(F)c2)c1. The highest BCUT2D eigenvalue weighted by molar-refractivity contribution is 6.04. The van der Waals surface area contributed by atoms with Crippen molar-refractivity contribution in [1.82, 2.24) is 0 Å². The van der Waals surface area contributed by atoms with Crippen LogP contribution < -0.4 is 5.32 Å². The highest BCUT2D eigenvalue weighted by Gasteiger charge is 2.12. The number of amides is 1. The monoisotopic (exact) mass is 263 g/mol. The Morgan fingerprint density at radius 3 is 2.53 bits per heavy atom. The first kappa shape index (κ1) is 13.0. The van der Waals surface area contributed by atoms with Crippen molar-refractivity contribution in [3.8, 4) is 5.75 Å². The second-order valence-corrected chi connectivity index (χ2v) is 4.10. The minimum Gasteiger partial charge on any atom is -0.505 e. The van der Waals surface area contributed by atoms with E-state index in [1.807, 2.05) is 0 Å². The van der Waals surface area contributed by atoms with E-state index in [4.69, 9.17) is 5.11 Å². The number of hydrogen-bond acceptors (Lipinski definition) is 2. The minimum absolute atomic E-state index is 0.117. The zero-order valence-electron chi connectivity index (χ0n) is 10.1. The van der Waals surface area contributed by atoms with E-state index in [1.165, 1.54) is 18.2 Å². The van der Waals surface area contributed by atoms with Gasteiger partial charge in [-0.05, 0) is 31.2 Å². The summed E-state index contributed by atoms with van der Waals surface area (Å²) in [6.07, 6.45) is 0. The van der Waals surface area contributed by atoms with Gasteiger partial charge in [0.1, 0.15) is 5.82 Å². The zero-order valence-corrected chi connectivity index (χ0v) is 10.1. The van der Waals surface area contributed by atoms with Crippen LogP contribution >= 0.6 is 0 Å². The molecular weight excluding hydrogens is 252 g/mol. The van der Waals surface area contributed by atoms with E-state index in [0.717, 1.165) is 17.7 Å². The van der Waals surface area contributed by atoms with E-state index < -0.39 is 23.3 Å². The molecule has 5 heteroatoms. The van der Waals surface area contributed by atoms with Gasteiger partial charge in [0.25, 0.3) is 5.91 Å². The molecule has 19 heavy (non-hydrogen) atoms. The number of halogens is 2. The van der Waals surface area contributed by atoms with Crippen LogP contribution in [0.4, 0.5) is 14.5 Å². The van der Waals surface area contributed by atoms with Crippen LogP contribution in [0.15, 0.2) is 36.4 Å². The summed E-state index contributed by atoms with van der Waals surface area (Å²) >= 11 is 0. The minimum atomic E-state index is -0.859. The number of rotatable bonds is 2. The molecule has 0 aliphatic heterocycles. The van der Waals surface area contributed by atoms with Gasteiger partial charge in [-0.25, -0.2) is 8.78 Å². The number of phenols is 1. The number of anilines is 1. The van der Waals surface area contributed by atoms with Crippen molar-refractivity contribution in [2.24, 2.45) is 0 Å². The summed E-state index contributed by atoms with van der Waals surface area (Å²) in [5.41, 5.74) is 0.762. The predicted molar refractivity (Wildman–Crippen MR) is 67.2 cm³/mol. The predicted octanol–water partition coefficient (Wildman–Crippen LogP) is 3.23. The second kappa shape index (κ2) is 5.06. The van der Waals surface area contributed by atoms with E-state index in [1.54, 1.807) is 13.0 Å². The fraction of sp³-hybridized carbons (Fsp3) is 0.0714. The molecule has 0 aromatic heterocycles. The van der Waals surface area contributed by atoms with Crippen LogP contribution in [0.2, 0.25) is 0 Å². The van der Waals surface area contributed by atoms with Gasteiger partial charge in [0.2, 0.25) is 0 Å². The largest absolute Gasteiger partial charge is 0.505 e. The molecule has 0 radical (unpaired) electrons. The summed E-state index contributed by atoms with van der Waals surface area (Å²) in [6, 6.07) is 7.54. The first-order valence-corrected chi connectivity index (χ1v) is 5.53. The molecule has 0 atom stereocenters. The third kappa shape index (κ3) is 2.88. The van der Waals surface area contributed by atoms with Crippen LogP contribution in [-0.2, 0) is 0 Å². The van der Waals surface area contributed by atoms with Crippen molar-refractivity contribution in [3.05, 3.63) is 59.2 Å². The van der Waals surface area contributed by atoms with Gasteiger partial charge in [-0.2, -0.15) is 0 Å². The standard InChI is InChI=1S/C14H11F2NO2/c1-8-2-4-11(15)10(6-8)14(19)17-9-3-5-13(18)12(16)7-9/h2-7,18H,1H3,(H,17,19). The quantitative estimate of drug-likeness (QED) is 0.817. The van der Waals surface area contributed by atoms with Crippen LogP contribution in [0.3, 0.4) is 0 Å². The number of aromatic hydroxyl groups is 1. The fourth-order valence-electron chi connectivity index (χ4n) is 1.60. The van der Waals surface area contributed by atoms with E-state index in [-0.39, 0.29) is 11.3 Å². The third-order valence-electron chi connectivity index (χ3n) is 2.57. The van der Waals surface area contributed by atoms with E-state index in [0.29, 0.717) is 0 Å². The maximum Gasteiger partial charge on any atom is 0.258 e. The lowest BCUT2D eigenvalue weighted by Crippen LogP contribution is -2.14. The number of phenolic OH excluding ortho intramolecular Hbond substituents is 1. The molecule has 0 saturated carbocycles. The molecule has 0 fully saturated rings. The molecule has 2 aromatic rings. The van der Waals surface area contributed by atoms with Crippen molar-refractivity contribution in [1.29, 1.82) is 0 Å². The topological polar surface area (TPSA) is 49.3 Å². The summed E-state index contributed by atoms with van der Waals surface area (Å²) in [7, 11) is 0. The highest BCUT2D eigenvalue weighted by Crippen LogP contribution is 2.20. The lowest BCUT2D eigenvalue weighted by molar-refractivity contribution is 0.102. The second-order valence-electron chi connectivity index (χ2n) is 4.10. The molecule has 3 nitrogen and oxygen atoms in total. The van der Waals surface area contributed by atoms with Crippen LogP contribution in [-0.4, -0.2) is 11.0 Å². The molecule has 0 aliphatic carbocycles. The zero-order chi connectivity index (χ0) is 14.0. The van der Waals surface area contributed by atoms with Gasteiger partial charge in [0.15, 0.2) is 11.6 Å². The molecule has 0 aliphatic rings. The Balaban J connectivity index is 2.25. The van der Waals surface area contributed by atoms with Gasteiger partial charge in [-0.15, -0.1) is 0 Å². The third-order valence-corrected chi connectivity index (χ3v) is 2.57.